The molecule has 0 aliphatic rings. The van der Waals surface area contributed by atoms with E-state index in [-0.39, 0.29) is 5.56 Å². The van der Waals surface area contributed by atoms with Gasteiger partial charge in [0, 0.05) is 18.0 Å². The van der Waals surface area contributed by atoms with Crippen LogP contribution in [0, 0.1) is 6.92 Å². The molecule has 0 unspecified atom stereocenters. The molecule has 2 aromatic rings. The van der Waals surface area contributed by atoms with Gasteiger partial charge in [0.25, 0.3) is 5.56 Å². The molecule has 0 aromatic carbocycles. The molecule has 3 nitrogen and oxygen atoms in total. The van der Waals surface area contributed by atoms with Gasteiger partial charge in [-0.15, -0.1) is 0 Å². The molecule has 0 bridgehead atoms. The molecule has 2 heterocycles. The predicted molar refractivity (Wildman–Crippen MR) is 55.6 cm³/mol. The second-order valence-electron chi connectivity index (χ2n) is 3.37. The third-order valence-corrected chi connectivity index (χ3v) is 2.24. The zero-order valence-electron chi connectivity index (χ0n) is 8.32. The van der Waals surface area contributed by atoms with Crippen LogP contribution >= 0.6 is 0 Å². The Morgan fingerprint density at radius 3 is 2.93 bits per heavy atom. The topological polar surface area (TPSA) is 34.4 Å². The Balaban J connectivity index is 2.84. The molecule has 0 fully saturated rings. The lowest BCUT2D eigenvalue weighted by Gasteiger charge is -2.02. The first-order valence-corrected chi connectivity index (χ1v) is 4.69. The number of aromatic nitrogens is 2. The number of aryl methyl sites for hydroxylation is 2. The van der Waals surface area contributed by atoms with Gasteiger partial charge in [-0.2, -0.15) is 0 Å². The van der Waals surface area contributed by atoms with E-state index in [1.54, 1.807) is 16.7 Å². The van der Waals surface area contributed by atoms with Crippen molar-refractivity contribution in [1.82, 2.24) is 9.38 Å². The molecule has 0 spiro atoms. The van der Waals surface area contributed by atoms with Gasteiger partial charge in [-0.1, -0.05) is 6.92 Å². The van der Waals surface area contributed by atoms with Crippen molar-refractivity contribution >= 4 is 5.65 Å². The summed E-state index contributed by atoms with van der Waals surface area (Å²) in [7, 11) is 0. The number of hydrogen-bond acceptors (Lipinski definition) is 2. The summed E-state index contributed by atoms with van der Waals surface area (Å²) in [5.74, 6) is 0. The number of hydrogen-bond donors (Lipinski definition) is 0. The Kier molecular flexibility index (Phi) is 2.08. The molecule has 0 saturated heterocycles. The molecule has 2 aromatic heterocycles. The van der Waals surface area contributed by atoms with Gasteiger partial charge in [0.15, 0.2) is 0 Å². The van der Waals surface area contributed by atoms with Crippen molar-refractivity contribution < 1.29 is 0 Å². The van der Waals surface area contributed by atoms with Crippen molar-refractivity contribution in [1.29, 1.82) is 0 Å². The van der Waals surface area contributed by atoms with Crippen LogP contribution in [-0.2, 0) is 6.42 Å². The first-order chi connectivity index (χ1) is 6.70. The lowest BCUT2D eigenvalue weighted by molar-refractivity contribution is 0.963. The minimum Gasteiger partial charge on any atom is -0.269 e. The maximum Gasteiger partial charge on any atom is 0.258 e. The van der Waals surface area contributed by atoms with Crippen LogP contribution < -0.4 is 5.56 Å². The minimum absolute atomic E-state index is 0.00755. The molecule has 0 aliphatic carbocycles. The smallest absolute Gasteiger partial charge is 0.258 e. The highest BCUT2D eigenvalue weighted by Crippen LogP contribution is 2.02. The average Bonchev–Trinajstić information content (AvgIpc) is 2.16. The molecule has 14 heavy (non-hydrogen) atoms. The fourth-order valence-electron chi connectivity index (χ4n) is 1.43. The zero-order chi connectivity index (χ0) is 10.1. The summed E-state index contributed by atoms with van der Waals surface area (Å²) in [5.41, 5.74) is 2.69. The third-order valence-electron chi connectivity index (χ3n) is 2.24. The van der Waals surface area contributed by atoms with E-state index in [1.165, 1.54) is 0 Å². The summed E-state index contributed by atoms with van der Waals surface area (Å²) in [6.07, 6.45) is 2.55. The third kappa shape index (κ3) is 1.41. The standard InChI is InChI=1S/C11H12N2O/c1-3-9-7-11(14)13-5-4-8(2)6-10(13)12-9/h4-7H,3H2,1-2H3. The lowest BCUT2D eigenvalue weighted by Crippen LogP contribution is -2.15. The summed E-state index contributed by atoms with van der Waals surface area (Å²) in [6.45, 7) is 3.98. The molecule has 0 atom stereocenters. The normalized spacial score (nSPS) is 10.7. The van der Waals surface area contributed by atoms with E-state index in [2.05, 4.69) is 4.98 Å². The Hall–Kier alpha value is -1.64. The Labute approximate surface area is 82.0 Å². The minimum atomic E-state index is -0.00755. The highest BCUT2D eigenvalue weighted by atomic mass is 16.1. The molecule has 0 aliphatic heterocycles. The second-order valence-corrected chi connectivity index (χ2v) is 3.37. The molecule has 0 radical (unpaired) electrons. The van der Waals surface area contributed by atoms with Gasteiger partial charge in [0.2, 0.25) is 0 Å². The SMILES string of the molecule is CCc1cc(=O)n2ccc(C)cc2n1. The number of pyridine rings is 1. The first-order valence-electron chi connectivity index (χ1n) is 4.69. The van der Waals surface area contributed by atoms with E-state index in [0.29, 0.717) is 0 Å². The van der Waals surface area contributed by atoms with E-state index < -0.39 is 0 Å². The Morgan fingerprint density at radius 1 is 1.43 bits per heavy atom. The number of nitrogens with zero attached hydrogens (tertiary/aromatic N) is 2. The van der Waals surface area contributed by atoms with Crippen LogP contribution in [0.5, 0.6) is 0 Å². The van der Waals surface area contributed by atoms with Gasteiger partial charge in [0.05, 0.1) is 0 Å². The summed E-state index contributed by atoms with van der Waals surface area (Å²) in [4.78, 5) is 16.0. The average molecular weight is 188 g/mol. The van der Waals surface area contributed by atoms with Crippen molar-refractivity contribution in [3.05, 3.63) is 46.0 Å². The maximum atomic E-state index is 11.6. The van der Waals surface area contributed by atoms with Crippen LogP contribution in [0.15, 0.2) is 29.2 Å². The van der Waals surface area contributed by atoms with Gasteiger partial charge in [0.1, 0.15) is 5.65 Å². The van der Waals surface area contributed by atoms with Crippen LogP contribution in [0.3, 0.4) is 0 Å². The van der Waals surface area contributed by atoms with E-state index >= 15 is 0 Å². The summed E-state index contributed by atoms with van der Waals surface area (Å²) < 4.78 is 1.56. The fraction of sp³-hybridized carbons (Fsp3) is 0.273. The van der Waals surface area contributed by atoms with Crippen LogP contribution in [-0.4, -0.2) is 9.38 Å². The maximum absolute atomic E-state index is 11.6. The quantitative estimate of drug-likeness (QED) is 0.680. The van der Waals surface area contributed by atoms with Crippen molar-refractivity contribution in [2.75, 3.05) is 0 Å². The van der Waals surface area contributed by atoms with Crippen LogP contribution in [0.4, 0.5) is 0 Å². The summed E-state index contributed by atoms with van der Waals surface area (Å²) >= 11 is 0. The van der Waals surface area contributed by atoms with Crippen molar-refractivity contribution in [2.24, 2.45) is 0 Å². The molecule has 72 valence electrons. The summed E-state index contributed by atoms with van der Waals surface area (Å²) in [5, 5.41) is 0. The highest BCUT2D eigenvalue weighted by molar-refractivity contribution is 5.41. The summed E-state index contributed by atoms with van der Waals surface area (Å²) in [6, 6.07) is 5.41. The van der Waals surface area contributed by atoms with Gasteiger partial charge < -0.3 is 0 Å². The van der Waals surface area contributed by atoms with E-state index in [9.17, 15) is 4.79 Å². The van der Waals surface area contributed by atoms with Gasteiger partial charge >= 0.3 is 0 Å². The Bertz CT molecular complexity index is 528. The first kappa shape index (κ1) is 8.94. The molecular weight excluding hydrogens is 176 g/mol. The fourth-order valence-corrected chi connectivity index (χ4v) is 1.43. The second kappa shape index (κ2) is 3.25. The van der Waals surface area contributed by atoms with Crippen LogP contribution in [0.2, 0.25) is 0 Å². The van der Waals surface area contributed by atoms with E-state index in [4.69, 9.17) is 0 Å². The molecule has 0 N–H and O–H groups in total. The number of fused-ring (bicyclic) bond motifs is 1. The van der Waals surface area contributed by atoms with Crippen molar-refractivity contribution in [3.8, 4) is 0 Å². The molecule has 3 heteroatoms. The monoisotopic (exact) mass is 188 g/mol. The van der Waals surface area contributed by atoms with Crippen molar-refractivity contribution in [2.45, 2.75) is 20.3 Å². The molecular formula is C11H12N2O. The van der Waals surface area contributed by atoms with Gasteiger partial charge in [-0.05, 0) is 31.0 Å². The predicted octanol–water partition coefficient (Wildman–Crippen LogP) is 1.57. The molecule has 0 amide bonds. The van der Waals surface area contributed by atoms with Gasteiger partial charge in [-0.3, -0.25) is 9.20 Å². The molecule has 0 saturated carbocycles. The van der Waals surface area contributed by atoms with E-state index in [0.717, 1.165) is 23.3 Å². The largest absolute Gasteiger partial charge is 0.269 e. The van der Waals surface area contributed by atoms with E-state index in [1.807, 2.05) is 26.0 Å². The Morgan fingerprint density at radius 2 is 2.21 bits per heavy atom. The zero-order valence-corrected chi connectivity index (χ0v) is 8.32. The van der Waals surface area contributed by atoms with Crippen LogP contribution in [0.1, 0.15) is 18.2 Å². The molecule has 2 rings (SSSR count). The lowest BCUT2D eigenvalue weighted by atomic mass is 10.3. The van der Waals surface area contributed by atoms with Gasteiger partial charge in [-0.25, -0.2) is 4.98 Å². The van der Waals surface area contributed by atoms with Crippen LogP contribution in [0.25, 0.3) is 5.65 Å². The number of rotatable bonds is 1. The van der Waals surface area contributed by atoms with Crippen molar-refractivity contribution in [3.63, 3.8) is 0 Å². The highest BCUT2D eigenvalue weighted by Gasteiger charge is 1.99.